The third-order valence-electron chi connectivity index (χ3n) is 3.67. The van der Waals surface area contributed by atoms with Gasteiger partial charge in [0.15, 0.2) is 0 Å². The Morgan fingerprint density at radius 2 is 1.83 bits per heavy atom. The first-order valence-electron chi connectivity index (χ1n) is 6.91. The minimum Gasteiger partial charge on any atom is -0.381 e. The van der Waals surface area contributed by atoms with Crippen LogP contribution >= 0.6 is 0 Å². The summed E-state index contributed by atoms with van der Waals surface area (Å²) < 4.78 is 28.4. The third kappa shape index (κ3) is 6.16. The van der Waals surface area contributed by atoms with Crippen LogP contribution in [0.5, 0.6) is 0 Å². The van der Waals surface area contributed by atoms with Crippen LogP contribution in [0.1, 0.15) is 52.4 Å². The molecule has 0 aromatic heterocycles. The molecule has 0 unspecified atom stereocenters. The Morgan fingerprint density at radius 3 is 2.33 bits per heavy atom. The molecule has 108 valence electrons. The molecule has 0 aliphatic heterocycles. The van der Waals surface area contributed by atoms with Gasteiger partial charge in [0, 0.05) is 12.0 Å². The molecule has 0 heterocycles. The molecule has 0 spiro atoms. The van der Waals surface area contributed by atoms with Crippen molar-refractivity contribution in [3.05, 3.63) is 0 Å². The molecule has 0 bridgehead atoms. The van der Waals surface area contributed by atoms with Crippen molar-refractivity contribution in [1.29, 1.82) is 0 Å². The first-order valence-corrected chi connectivity index (χ1v) is 8.63. The van der Waals surface area contributed by atoms with Crippen molar-refractivity contribution in [2.24, 2.45) is 16.5 Å². The van der Waals surface area contributed by atoms with Crippen molar-refractivity contribution in [3.63, 3.8) is 0 Å². The summed E-state index contributed by atoms with van der Waals surface area (Å²) in [5.41, 5.74) is -0.233. The average Bonchev–Trinajstić information content (AvgIpc) is 2.23. The van der Waals surface area contributed by atoms with Gasteiger partial charge in [-0.05, 0) is 25.2 Å². The Bertz CT molecular complexity index is 332. The summed E-state index contributed by atoms with van der Waals surface area (Å²) in [5.74, 6) is 0.687. The first kappa shape index (κ1) is 15.9. The van der Waals surface area contributed by atoms with Gasteiger partial charge in [0.25, 0.3) is 0 Å². The second-order valence-electron chi connectivity index (χ2n) is 6.10. The molecule has 0 amide bonds. The molecule has 1 fully saturated rings. The van der Waals surface area contributed by atoms with E-state index in [9.17, 15) is 8.42 Å². The second-order valence-corrected chi connectivity index (χ2v) is 7.72. The van der Waals surface area contributed by atoms with Crippen LogP contribution in [0.2, 0.25) is 0 Å². The molecule has 0 aromatic rings. The van der Waals surface area contributed by atoms with Crippen molar-refractivity contribution in [2.45, 2.75) is 52.4 Å². The highest BCUT2D eigenvalue weighted by atomic mass is 32.2. The summed E-state index contributed by atoms with van der Waals surface area (Å²) in [5, 5.41) is 5.22. The summed E-state index contributed by atoms with van der Waals surface area (Å²) in [6, 6.07) is 0. The minimum atomic E-state index is -3.42. The molecule has 2 N–H and O–H groups in total. The molecular weight excluding hydrogens is 250 g/mol. The van der Waals surface area contributed by atoms with Crippen molar-refractivity contribution in [1.82, 2.24) is 0 Å². The van der Waals surface area contributed by atoms with Crippen LogP contribution < -0.4 is 5.14 Å². The van der Waals surface area contributed by atoms with Crippen molar-refractivity contribution in [2.75, 3.05) is 19.0 Å². The lowest BCUT2D eigenvalue weighted by Gasteiger charge is -2.36. The highest BCUT2D eigenvalue weighted by molar-refractivity contribution is 7.89. The summed E-state index contributed by atoms with van der Waals surface area (Å²) in [7, 11) is -3.42. The average molecular weight is 277 g/mol. The highest BCUT2D eigenvalue weighted by Gasteiger charge is 2.35. The second kappa shape index (κ2) is 6.87. The Labute approximate surface area is 111 Å². The topological polar surface area (TPSA) is 69.4 Å². The Kier molecular flexibility index (Phi) is 6.08. The SMILES string of the molecule is CC(C)CCOCC1(CS(N)(=O)=O)CCCCC1. The molecule has 18 heavy (non-hydrogen) atoms. The maximum atomic E-state index is 11.4. The van der Waals surface area contributed by atoms with Crippen molar-refractivity contribution < 1.29 is 13.2 Å². The fourth-order valence-corrected chi connectivity index (χ4v) is 3.89. The summed E-state index contributed by atoms with van der Waals surface area (Å²) in [6.45, 7) is 5.56. The minimum absolute atomic E-state index is 0.0711. The van der Waals surface area contributed by atoms with Crippen LogP contribution in [0, 0.1) is 11.3 Å². The Balaban J connectivity index is 2.50. The monoisotopic (exact) mass is 277 g/mol. The van der Waals surface area contributed by atoms with E-state index < -0.39 is 10.0 Å². The lowest BCUT2D eigenvalue weighted by Crippen LogP contribution is -2.39. The van der Waals surface area contributed by atoms with Crippen molar-refractivity contribution >= 4 is 10.0 Å². The van der Waals surface area contributed by atoms with Crippen LogP contribution in [-0.4, -0.2) is 27.4 Å². The number of ether oxygens (including phenoxy) is 1. The van der Waals surface area contributed by atoms with E-state index in [4.69, 9.17) is 9.88 Å². The van der Waals surface area contributed by atoms with Gasteiger partial charge in [0.1, 0.15) is 0 Å². The number of rotatable bonds is 7. The molecule has 1 aliphatic rings. The van der Waals surface area contributed by atoms with E-state index in [-0.39, 0.29) is 11.2 Å². The quantitative estimate of drug-likeness (QED) is 0.726. The number of primary sulfonamides is 1. The van der Waals surface area contributed by atoms with Gasteiger partial charge in [0.05, 0.1) is 12.4 Å². The van der Waals surface area contributed by atoms with Gasteiger partial charge in [0.2, 0.25) is 10.0 Å². The fraction of sp³-hybridized carbons (Fsp3) is 1.00. The number of nitrogens with two attached hydrogens (primary N) is 1. The fourth-order valence-electron chi connectivity index (χ4n) is 2.67. The van der Waals surface area contributed by atoms with E-state index in [1.54, 1.807) is 0 Å². The molecule has 4 nitrogen and oxygen atoms in total. The van der Waals surface area contributed by atoms with Crippen LogP contribution in [0.15, 0.2) is 0 Å². The molecule has 5 heteroatoms. The summed E-state index contributed by atoms with van der Waals surface area (Å²) in [4.78, 5) is 0. The molecule has 0 atom stereocenters. The van der Waals surface area contributed by atoms with Gasteiger partial charge in [-0.3, -0.25) is 0 Å². The summed E-state index contributed by atoms with van der Waals surface area (Å²) in [6.07, 6.45) is 6.23. The lowest BCUT2D eigenvalue weighted by atomic mass is 9.76. The zero-order chi connectivity index (χ0) is 13.6. The molecule has 1 rings (SSSR count). The normalized spacial score (nSPS) is 20.2. The molecule has 0 saturated heterocycles. The maximum Gasteiger partial charge on any atom is 0.209 e. The van der Waals surface area contributed by atoms with Gasteiger partial charge < -0.3 is 4.74 Å². The largest absolute Gasteiger partial charge is 0.381 e. The van der Waals surface area contributed by atoms with Gasteiger partial charge in [-0.25, -0.2) is 13.6 Å². The number of hydrogen-bond acceptors (Lipinski definition) is 3. The highest BCUT2D eigenvalue weighted by Crippen LogP contribution is 2.37. The van der Waals surface area contributed by atoms with Gasteiger partial charge in [-0.1, -0.05) is 33.1 Å². The van der Waals surface area contributed by atoms with E-state index in [0.29, 0.717) is 19.1 Å². The van der Waals surface area contributed by atoms with Gasteiger partial charge >= 0.3 is 0 Å². The van der Waals surface area contributed by atoms with Gasteiger partial charge in [-0.15, -0.1) is 0 Å². The number of hydrogen-bond donors (Lipinski definition) is 1. The van der Waals surface area contributed by atoms with E-state index in [2.05, 4.69) is 13.8 Å². The van der Waals surface area contributed by atoms with Crippen LogP contribution in [-0.2, 0) is 14.8 Å². The van der Waals surface area contributed by atoms with E-state index in [0.717, 1.165) is 32.1 Å². The first-order chi connectivity index (χ1) is 8.33. The standard InChI is InChI=1S/C13H27NO3S/c1-12(2)6-9-17-10-13(11-18(14,15)16)7-4-3-5-8-13/h12H,3-11H2,1-2H3,(H2,14,15,16). The Hall–Kier alpha value is -0.130. The molecule has 0 radical (unpaired) electrons. The van der Waals surface area contributed by atoms with Gasteiger partial charge in [-0.2, -0.15) is 0 Å². The van der Waals surface area contributed by atoms with E-state index in [1.807, 2.05) is 0 Å². The zero-order valence-electron chi connectivity index (χ0n) is 11.7. The summed E-state index contributed by atoms with van der Waals surface area (Å²) >= 11 is 0. The predicted octanol–water partition coefficient (Wildman–Crippen LogP) is 2.29. The molecule has 1 aliphatic carbocycles. The lowest BCUT2D eigenvalue weighted by molar-refractivity contribution is 0.0287. The molecule has 1 saturated carbocycles. The zero-order valence-corrected chi connectivity index (χ0v) is 12.5. The van der Waals surface area contributed by atoms with E-state index >= 15 is 0 Å². The van der Waals surface area contributed by atoms with E-state index in [1.165, 1.54) is 6.42 Å². The predicted molar refractivity (Wildman–Crippen MR) is 73.8 cm³/mol. The molecular formula is C13H27NO3S. The maximum absolute atomic E-state index is 11.4. The molecule has 0 aromatic carbocycles. The van der Waals surface area contributed by atoms with Crippen LogP contribution in [0.3, 0.4) is 0 Å². The third-order valence-corrected chi connectivity index (χ3v) is 4.68. The Morgan fingerprint density at radius 1 is 1.22 bits per heavy atom. The van der Waals surface area contributed by atoms with Crippen molar-refractivity contribution in [3.8, 4) is 0 Å². The van der Waals surface area contributed by atoms with Crippen LogP contribution in [0.25, 0.3) is 0 Å². The smallest absolute Gasteiger partial charge is 0.209 e. The number of sulfonamides is 1. The van der Waals surface area contributed by atoms with Crippen LogP contribution in [0.4, 0.5) is 0 Å².